The van der Waals surface area contributed by atoms with Crippen LogP contribution in [0, 0.1) is 0 Å². The lowest BCUT2D eigenvalue weighted by atomic mass is 10.0. The lowest BCUT2D eigenvalue weighted by Crippen LogP contribution is -2.51. The first kappa shape index (κ1) is 19.1. The average molecular weight is 366 g/mol. The van der Waals surface area contributed by atoms with E-state index in [1.54, 1.807) is 18.2 Å². The first-order valence-electron chi connectivity index (χ1n) is 7.96. The average Bonchev–Trinajstić information content (AvgIpc) is 2.65. The molecule has 1 saturated heterocycles. The molecule has 136 valence electrons. The Hall–Kier alpha value is -2.22. The lowest BCUT2D eigenvalue weighted by molar-refractivity contribution is -0.143. The van der Waals surface area contributed by atoms with Gasteiger partial charge >= 0.3 is 5.97 Å². The zero-order chi connectivity index (χ0) is 18.4. The molecule has 0 bridgehead atoms. The van der Waals surface area contributed by atoms with Crippen molar-refractivity contribution in [2.24, 2.45) is 5.73 Å². The van der Waals surface area contributed by atoms with E-state index in [0.717, 1.165) is 17.7 Å². The van der Waals surface area contributed by atoms with Gasteiger partial charge in [-0.1, -0.05) is 0 Å². The molecule has 0 aromatic heterocycles. The number of nitrogens with two attached hydrogens (primary N) is 1. The molecule has 2 N–H and O–H groups in total. The van der Waals surface area contributed by atoms with Crippen LogP contribution in [0.1, 0.15) is 29.6 Å². The molecular formula is C17H22N2O5S. The van der Waals surface area contributed by atoms with Gasteiger partial charge in [0.15, 0.2) is 6.61 Å². The lowest BCUT2D eigenvalue weighted by Gasteiger charge is -2.33. The van der Waals surface area contributed by atoms with Gasteiger partial charge in [0, 0.05) is 11.4 Å². The minimum absolute atomic E-state index is 0.248. The zero-order valence-electron chi connectivity index (χ0n) is 14.3. The fraction of sp³-hybridized carbons (Fsp3) is 0.471. The number of ether oxygens (including phenoxy) is 2. The van der Waals surface area contributed by atoms with Crippen molar-refractivity contribution in [2.45, 2.75) is 30.2 Å². The molecule has 1 aromatic carbocycles. The number of likely N-dealkylation sites (tertiary alicyclic amines) is 1. The molecule has 1 aliphatic rings. The number of carbonyl (C=O) groups is 3. The van der Waals surface area contributed by atoms with Crippen molar-refractivity contribution in [1.29, 1.82) is 0 Å². The summed E-state index contributed by atoms with van der Waals surface area (Å²) >= 11 is 1.52. The highest BCUT2D eigenvalue weighted by molar-refractivity contribution is 7.98. The Balaban J connectivity index is 2.01. The topological polar surface area (TPSA) is 98.9 Å². The molecule has 2 rings (SSSR count). The number of amides is 2. The van der Waals surface area contributed by atoms with Crippen LogP contribution in [0.2, 0.25) is 0 Å². The number of thioether (sulfide) groups is 1. The summed E-state index contributed by atoms with van der Waals surface area (Å²) in [7, 11) is 1.46. The van der Waals surface area contributed by atoms with Gasteiger partial charge in [0.05, 0.1) is 7.11 Å². The van der Waals surface area contributed by atoms with Crippen molar-refractivity contribution in [3.8, 4) is 5.75 Å². The maximum atomic E-state index is 12.3. The number of esters is 1. The van der Waals surface area contributed by atoms with Gasteiger partial charge in [-0.2, -0.15) is 0 Å². The summed E-state index contributed by atoms with van der Waals surface area (Å²) in [6, 6.07) is 4.48. The van der Waals surface area contributed by atoms with E-state index in [2.05, 4.69) is 0 Å². The van der Waals surface area contributed by atoms with Gasteiger partial charge in [-0.3, -0.25) is 9.59 Å². The molecule has 25 heavy (non-hydrogen) atoms. The van der Waals surface area contributed by atoms with Crippen molar-refractivity contribution in [3.05, 3.63) is 23.8 Å². The fourth-order valence-corrected chi connectivity index (χ4v) is 3.21. The Morgan fingerprint density at radius 1 is 1.32 bits per heavy atom. The second-order valence-corrected chi connectivity index (χ2v) is 6.52. The maximum absolute atomic E-state index is 12.3. The second-order valence-electron chi connectivity index (χ2n) is 5.64. The number of carbonyl (C=O) groups excluding carboxylic acids is 3. The Labute approximate surface area is 150 Å². The summed E-state index contributed by atoms with van der Waals surface area (Å²) < 4.78 is 10.3. The first-order valence-corrected chi connectivity index (χ1v) is 9.18. The molecule has 0 aliphatic carbocycles. The van der Waals surface area contributed by atoms with Crippen molar-refractivity contribution < 1.29 is 23.9 Å². The van der Waals surface area contributed by atoms with E-state index in [1.807, 2.05) is 6.26 Å². The van der Waals surface area contributed by atoms with Crippen LogP contribution in [0.15, 0.2) is 23.1 Å². The minimum atomic E-state index is -0.648. The maximum Gasteiger partial charge on any atom is 0.342 e. The zero-order valence-corrected chi connectivity index (χ0v) is 15.1. The van der Waals surface area contributed by atoms with Crippen molar-refractivity contribution in [1.82, 2.24) is 4.90 Å². The smallest absolute Gasteiger partial charge is 0.342 e. The first-order chi connectivity index (χ1) is 12.0. The highest BCUT2D eigenvalue weighted by atomic mass is 32.2. The molecule has 1 fully saturated rings. The van der Waals surface area contributed by atoms with Crippen molar-refractivity contribution in [3.63, 3.8) is 0 Å². The summed E-state index contributed by atoms with van der Waals surface area (Å²) in [4.78, 5) is 38.4. The Morgan fingerprint density at radius 2 is 2.08 bits per heavy atom. The predicted octanol–water partition coefficient (Wildman–Crippen LogP) is 1.44. The van der Waals surface area contributed by atoms with E-state index in [4.69, 9.17) is 15.2 Å². The molecule has 2 amide bonds. The van der Waals surface area contributed by atoms with Crippen LogP contribution < -0.4 is 10.5 Å². The van der Waals surface area contributed by atoms with Gasteiger partial charge in [-0.15, -0.1) is 11.8 Å². The SMILES string of the molecule is COc1cc(SC)ccc1C(=O)OCC(=O)N1CCCC[C@@H]1C(N)=O. The largest absolute Gasteiger partial charge is 0.496 e. The van der Waals surface area contributed by atoms with Gasteiger partial charge in [0.2, 0.25) is 5.91 Å². The van der Waals surface area contributed by atoms with Crippen LogP contribution in [0.4, 0.5) is 0 Å². The van der Waals surface area contributed by atoms with Gasteiger partial charge in [0.1, 0.15) is 17.4 Å². The highest BCUT2D eigenvalue weighted by Crippen LogP contribution is 2.26. The molecule has 1 aliphatic heterocycles. The van der Waals surface area contributed by atoms with Gasteiger partial charge in [-0.05, 0) is 43.7 Å². The van der Waals surface area contributed by atoms with E-state index in [9.17, 15) is 14.4 Å². The molecule has 1 aromatic rings. The normalized spacial score (nSPS) is 17.0. The summed E-state index contributed by atoms with van der Waals surface area (Å²) in [6.07, 6.45) is 4.10. The Morgan fingerprint density at radius 3 is 2.72 bits per heavy atom. The fourth-order valence-electron chi connectivity index (χ4n) is 2.78. The van der Waals surface area contributed by atoms with Crippen LogP contribution in [-0.4, -0.2) is 55.2 Å². The highest BCUT2D eigenvalue weighted by Gasteiger charge is 2.31. The van der Waals surface area contributed by atoms with Crippen molar-refractivity contribution >= 4 is 29.5 Å². The molecule has 1 heterocycles. The van der Waals surface area contributed by atoms with Gasteiger partial charge in [0.25, 0.3) is 5.91 Å². The van der Waals surface area contributed by atoms with Crippen LogP contribution in [0.25, 0.3) is 0 Å². The van der Waals surface area contributed by atoms with Gasteiger partial charge in [-0.25, -0.2) is 4.79 Å². The molecule has 0 unspecified atom stereocenters. The molecule has 1 atom stereocenters. The summed E-state index contributed by atoms with van der Waals surface area (Å²) in [5, 5.41) is 0. The number of hydrogen-bond donors (Lipinski definition) is 1. The Bertz CT molecular complexity index is 664. The number of hydrogen-bond acceptors (Lipinski definition) is 6. The standard InChI is InChI=1S/C17H22N2O5S/c1-23-14-9-11(25-2)6-7-12(14)17(22)24-10-15(20)19-8-4-3-5-13(19)16(18)21/h6-7,9,13H,3-5,8,10H2,1-2H3,(H2,18,21)/t13-/m1/s1. The predicted molar refractivity (Wildman–Crippen MR) is 93.6 cm³/mol. The molecule has 0 spiro atoms. The number of methoxy groups -OCH3 is 1. The monoisotopic (exact) mass is 366 g/mol. The molecular weight excluding hydrogens is 344 g/mol. The van der Waals surface area contributed by atoms with Crippen LogP contribution >= 0.6 is 11.8 Å². The van der Waals surface area contributed by atoms with Gasteiger partial charge < -0.3 is 20.1 Å². The minimum Gasteiger partial charge on any atom is -0.496 e. The summed E-state index contributed by atoms with van der Waals surface area (Å²) in [6.45, 7) is 0.00573. The molecule has 0 radical (unpaired) electrons. The van der Waals surface area contributed by atoms with Crippen molar-refractivity contribution in [2.75, 3.05) is 26.5 Å². The third-order valence-corrected chi connectivity index (χ3v) is 4.83. The molecule has 7 nitrogen and oxygen atoms in total. The third kappa shape index (κ3) is 4.66. The third-order valence-electron chi connectivity index (χ3n) is 4.11. The van der Waals surface area contributed by atoms with E-state index < -0.39 is 30.4 Å². The number of primary amides is 1. The molecule has 8 heteroatoms. The number of benzene rings is 1. The number of rotatable bonds is 6. The van der Waals surface area contributed by atoms with Crippen LogP contribution in [0.3, 0.4) is 0 Å². The summed E-state index contributed by atoms with van der Waals surface area (Å²) in [5.74, 6) is -1.21. The Kier molecular flexibility index (Phi) is 6.69. The van der Waals surface area contributed by atoms with E-state index in [0.29, 0.717) is 18.7 Å². The number of piperidine rings is 1. The quantitative estimate of drug-likeness (QED) is 0.604. The second kappa shape index (κ2) is 8.75. The van der Waals surface area contributed by atoms with E-state index in [1.165, 1.54) is 23.8 Å². The van der Waals surface area contributed by atoms with Crippen LogP contribution in [0.5, 0.6) is 5.75 Å². The summed E-state index contributed by atoms with van der Waals surface area (Å²) in [5.41, 5.74) is 5.60. The molecule has 0 saturated carbocycles. The van der Waals surface area contributed by atoms with E-state index in [-0.39, 0.29) is 5.56 Å². The van der Waals surface area contributed by atoms with E-state index >= 15 is 0 Å². The van der Waals surface area contributed by atoms with Crippen LogP contribution in [-0.2, 0) is 14.3 Å². The number of nitrogens with zero attached hydrogens (tertiary/aromatic N) is 1.